The number of hydrogen-bond donors (Lipinski definition) is 1. The van der Waals surface area contributed by atoms with Crippen LogP contribution in [-0.4, -0.2) is 61.7 Å². The predicted molar refractivity (Wildman–Crippen MR) is 130 cm³/mol. The van der Waals surface area contributed by atoms with Crippen molar-refractivity contribution in [2.45, 2.75) is 58.2 Å². The van der Waals surface area contributed by atoms with E-state index in [1.54, 1.807) is 0 Å². The number of benzene rings is 1. The molecule has 0 amide bonds. The number of rotatable bonds is 4. The Balaban J connectivity index is 0.00000240. The van der Waals surface area contributed by atoms with Gasteiger partial charge in [-0.05, 0) is 50.3 Å². The average Bonchev–Trinajstić information content (AvgIpc) is 3.35. The van der Waals surface area contributed by atoms with Gasteiger partial charge in [-0.3, -0.25) is 9.89 Å². The number of likely N-dealkylation sites (tertiary alicyclic amines) is 2. The molecule has 0 saturated carbocycles. The summed E-state index contributed by atoms with van der Waals surface area (Å²) in [5, 5.41) is 3.57. The lowest BCUT2D eigenvalue weighted by Gasteiger charge is -2.33. The number of halogens is 1. The standard InChI is InChI=1S/C23H36N4O.HI/c1-19-5-3-4-12-26(19)16-21-8-6-20(7-9-21)15-25-22(24-2)27-13-10-23(17-27)11-14-28-18-23;/h6-9,19H,3-5,10-18H2,1-2H3,(H,24,25);1H. The van der Waals surface area contributed by atoms with Gasteiger partial charge in [-0.2, -0.15) is 0 Å². The first-order valence-corrected chi connectivity index (χ1v) is 11.0. The van der Waals surface area contributed by atoms with Gasteiger partial charge in [0, 0.05) is 51.3 Å². The van der Waals surface area contributed by atoms with Gasteiger partial charge in [0.15, 0.2) is 5.96 Å². The molecule has 1 aromatic carbocycles. The summed E-state index contributed by atoms with van der Waals surface area (Å²) >= 11 is 0. The van der Waals surface area contributed by atoms with E-state index in [-0.39, 0.29) is 24.0 Å². The van der Waals surface area contributed by atoms with Gasteiger partial charge in [0.1, 0.15) is 0 Å². The molecule has 0 bridgehead atoms. The monoisotopic (exact) mass is 512 g/mol. The van der Waals surface area contributed by atoms with Gasteiger partial charge in [0.2, 0.25) is 0 Å². The summed E-state index contributed by atoms with van der Waals surface area (Å²) in [7, 11) is 1.89. The van der Waals surface area contributed by atoms with Crippen LogP contribution in [0.3, 0.4) is 0 Å². The molecule has 0 radical (unpaired) electrons. The van der Waals surface area contributed by atoms with E-state index in [0.29, 0.717) is 11.5 Å². The van der Waals surface area contributed by atoms with E-state index >= 15 is 0 Å². The van der Waals surface area contributed by atoms with Crippen LogP contribution in [0.25, 0.3) is 0 Å². The first-order chi connectivity index (χ1) is 13.7. The third kappa shape index (κ3) is 5.64. The summed E-state index contributed by atoms with van der Waals surface area (Å²) in [6, 6.07) is 9.83. The van der Waals surface area contributed by atoms with Crippen molar-refractivity contribution in [2.24, 2.45) is 10.4 Å². The van der Waals surface area contributed by atoms with Gasteiger partial charge in [-0.15, -0.1) is 24.0 Å². The molecular weight excluding hydrogens is 475 g/mol. The minimum atomic E-state index is 0. The second-order valence-corrected chi connectivity index (χ2v) is 9.01. The van der Waals surface area contributed by atoms with Crippen molar-refractivity contribution in [1.82, 2.24) is 15.1 Å². The number of guanidine groups is 1. The molecule has 3 aliphatic rings. The molecule has 0 aliphatic carbocycles. The first-order valence-electron chi connectivity index (χ1n) is 11.0. The molecule has 1 N–H and O–H groups in total. The second kappa shape index (κ2) is 10.4. The van der Waals surface area contributed by atoms with Crippen LogP contribution < -0.4 is 5.32 Å². The average molecular weight is 512 g/mol. The van der Waals surface area contributed by atoms with Crippen LogP contribution in [0.4, 0.5) is 0 Å². The maximum absolute atomic E-state index is 5.66. The maximum Gasteiger partial charge on any atom is 0.193 e. The number of aliphatic imine (C=N–C) groups is 1. The lowest BCUT2D eigenvalue weighted by molar-refractivity contribution is 0.152. The number of nitrogens with one attached hydrogen (secondary N) is 1. The highest BCUT2D eigenvalue weighted by molar-refractivity contribution is 14.0. The lowest BCUT2D eigenvalue weighted by atomic mass is 9.87. The van der Waals surface area contributed by atoms with E-state index in [1.165, 1.54) is 49.8 Å². The molecular formula is C23H37IN4O. The molecule has 3 saturated heterocycles. The Morgan fingerprint density at radius 2 is 1.97 bits per heavy atom. The highest BCUT2D eigenvalue weighted by atomic mass is 127. The lowest BCUT2D eigenvalue weighted by Crippen LogP contribution is -2.41. The van der Waals surface area contributed by atoms with Crippen molar-refractivity contribution in [3.8, 4) is 0 Å². The summed E-state index contributed by atoms with van der Waals surface area (Å²) in [5.74, 6) is 1.02. The van der Waals surface area contributed by atoms with E-state index in [2.05, 4.69) is 51.3 Å². The van der Waals surface area contributed by atoms with Crippen LogP contribution in [0.2, 0.25) is 0 Å². The molecule has 2 atom stereocenters. The molecule has 6 heteroatoms. The van der Waals surface area contributed by atoms with Crippen LogP contribution in [0.5, 0.6) is 0 Å². The third-order valence-electron chi connectivity index (χ3n) is 6.93. The van der Waals surface area contributed by atoms with Gasteiger partial charge in [0.25, 0.3) is 0 Å². The predicted octanol–water partition coefficient (Wildman–Crippen LogP) is 3.87. The molecule has 162 valence electrons. The van der Waals surface area contributed by atoms with Crippen LogP contribution in [-0.2, 0) is 17.8 Å². The van der Waals surface area contributed by atoms with E-state index in [0.717, 1.165) is 45.4 Å². The topological polar surface area (TPSA) is 40.1 Å². The number of hydrogen-bond acceptors (Lipinski definition) is 3. The van der Waals surface area contributed by atoms with Crippen LogP contribution in [0.15, 0.2) is 29.3 Å². The van der Waals surface area contributed by atoms with Crippen LogP contribution in [0.1, 0.15) is 50.2 Å². The highest BCUT2D eigenvalue weighted by Gasteiger charge is 2.42. The van der Waals surface area contributed by atoms with Gasteiger partial charge >= 0.3 is 0 Å². The van der Waals surface area contributed by atoms with E-state index in [4.69, 9.17) is 4.74 Å². The van der Waals surface area contributed by atoms with Crippen LogP contribution >= 0.6 is 24.0 Å². The molecule has 3 heterocycles. The molecule has 3 aliphatic heterocycles. The number of nitrogens with zero attached hydrogens (tertiary/aromatic N) is 3. The molecule has 0 aromatic heterocycles. The fraction of sp³-hybridized carbons (Fsp3) is 0.696. The Morgan fingerprint density at radius 3 is 2.66 bits per heavy atom. The molecule has 29 heavy (non-hydrogen) atoms. The van der Waals surface area contributed by atoms with E-state index in [9.17, 15) is 0 Å². The molecule has 4 rings (SSSR count). The van der Waals surface area contributed by atoms with E-state index in [1.807, 2.05) is 7.05 Å². The smallest absolute Gasteiger partial charge is 0.193 e. The summed E-state index contributed by atoms with van der Waals surface area (Å²) in [6.45, 7) is 9.49. The quantitative estimate of drug-likeness (QED) is 0.378. The molecule has 2 unspecified atom stereocenters. The molecule has 1 aromatic rings. The molecule has 5 nitrogen and oxygen atoms in total. The van der Waals surface area contributed by atoms with Gasteiger partial charge < -0.3 is 15.0 Å². The normalized spacial score (nSPS) is 28.0. The Labute approximate surface area is 193 Å². The van der Waals surface area contributed by atoms with E-state index < -0.39 is 0 Å². The Morgan fingerprint density at radius 1 is 1.17 bits per heavy atom. The Hall–Kier alpha value is -0.860. The first kappa shape index (κ1) is 22.8. The third-order valence-corrected chi connectivity index (χ3v) is 6.93. The summed E-state index contributed by atoms with van der Waals surface area (Å²) in [6.07, 6.45) is 6.48. The summed E-state index contributed by atoms with van der Waals surface area (Å²) in [4.78, 5) is 9.55. The summed E-state index contributed by atoms with van der Waals surface area (Å²) in [5.41, 5.74) is 3.10. The Kier molecular flexibility index (Phi) is 8.22. The van der Waals surface area contributed by atoms with Crippen molar-refractivity contribution in [2.75, 3.05) is 39.9 Å². The van der Waals surface area contributed by atoms with Crippen LogP contribution in [0, 0.1) is 5.41 Å². The van der Waals surface area contributed by atoms with Gasteiger partial charge in [-0.1, -0.05) is 30.7 Å². The molecule has 3 fully saturated rings. The van der Waals surface area contributed by atoms with Crippen molar-refractivity contribution in [1.29, 1.82) is 0 Å². The van der Waals surface area contributed by atoms with Crippen molar-refractivity contribution in [3.63, 3.8) is 0 Å². The Bertz CT molecular complexity index is 672. The minimum Gasteiger partial charge on any atom is -0.381 e. The fourth-order valence-corrected chi connectivity index (χ4v) is 4.99. The maximum atomic E-state index is 5.66. The zero-order valence-corrected chi connectivity index (χ0v) is 20.4. The second-order valence-electron chi connectivity index (χ2n) is 9.01. The zero-order chi connectivity index (χ0) is 19.4. The molecule has 1 spiro atoms. The minimum absolute atomic E-state index is 0. The van der Waals surface area contributed by atoms with Crippen molar-refractivity contribution < 1.29 is 4.74 Å². The van der Waals surface area contributed by atoms with Crippen molar-refractivity contribution >= 4 is 29.9 Å². The van der Waals surface area contributed by atoms with Gasteiger partial charge in [0.05, 0.1) is 6.61 Å². The highest BCUT2D eigenvalue weighted by Crippen LogP contribution is 2.38. The fourth-order valence-electron chi connectivity index (χ4n) is 4.99. The number of piperidine rings is 1. The largest absolute Gasteiger partial charge is 0.381 e. The summed E-state index contributed by atoms with van der Waals surface area (Å²) < 4.78 is 5.66. The van der Waals surface area contributed by atoms with Crippen molar-refractivity contribution in [3.05, 3.63) is 35.4 Å². The number of ether oxygens (including phenoxy) is 1. The van der Waals surface area contributed by atoms with Gasteiger partial charge in [-0.25, -0.2) is 0 Å². The SMILES string of the molecule is CN=C(NCc1ccc(CN2CCCCC2C)cc1)N1CCC2(CCOC2)C1.I. The zero-order valence-electron chi connectivity index (χ0n) is 18.0.